The molecule has 0 radical (unpaired) electrons. The number of rotatable bonds is 13. The molecule has 0 spiro atoms. The predicted octanol–water partition coefficient (Wildman–Crippen LogP) is 3.77. The van der Waals surface area contributed by atoms with Crippen molar-refractivity contribution in [3.8, 4) is 22.8 Å². The van der Waals surface area contributed by atoms with Gasteiger partial charge in [0.1, 0.15) is 23.9 Å². The van der Waals surface area contributed by atoms with Crippen LogP contribution in [0.4, 0.5) is 11.6 Å². The van der Waals surface area contributed by atoms with Gasteiger partial charge in [-0.25, -0.2) is 14.6 Å². The minimum atomic E-state index is -0.210. The molecule has 0 bridgehead atoms. The number of ether oxygens (including phenoxy) is 3. The van der Waals surface area contributed by atoms with Gasteiger partial charge in [0.25, 0.3) is 5.88 Å². The van der Waals surface area contributed by atoms with Gasteiger partial charge in [0.05, 0.1) is 43.6 Å². The Morgan fingerprint density at radius 2 is 1.87 bits per heavy atom. The average Bonchev–Trinajstić information content (AvgIpc) is 3.73. The van der Waals surface area contributed by atoms with E-state index in [9.17, 15) is 5.11 Å². The quantitative estimate of drug-likeness (QED) is 0.205. The fourth-order valence-corrected chi connectivity index (χ4v) is 6.00. The van der Waals surface area contributed by atoms with E-state index in [2.05, 4.69) is 35.7 Å². The first-order valence-corrected chi connectivity index (χ1v) is 15.8. The molecule has 4 heterocycles. The van der Waals surface area contributed by atoms with Crippen LogP contribution in [0.15, 0.2) is 43.1 Å². The van der Waals surface area contributed by atoms with E-state index in [1.165, 1.54) is 6.33 Å². The average molecular weight is 639 g/mol. The van der Waals surface area contributed by atoms with E-state index in [-0.39, 0.29) is 12.7 Å². The van der Waals surface area contributed by atoms with Gasteiger partial charge in [0.2, 0.25) is 5.95 Å². The molecule has 3 aromatic heterocycles. The minimum absolute atomic E-state index is 0.0509. The number of aromatic nitrogens is 8. The lowest BCUT2D eigenvalue weighted by Gasteiger charge is -2.38. The molecule has 1 saturated heterocycles. The number of halogens is 1. The molecule has 4 aromatic rings. The third-order valence-corrected chi connectivity index (χ3v) is 8.48. The van der Waals surface area contributed by atoms with Gasteiger partial charge in [-0.3, -0.25) is 9.58 Å². The van der Waals surface area contributed by atoms with Gasteiger partial charge in [-0.05, 0) is 60.7 Å². The fraction of sp³-hybridized carbons (Fsp3) is 0.533. The summed E-state index contributed by atoms with van der Waals surface area (Å²) in [5.41, 5.74) is 2.36. The molecule has 0 unspecified atom stereocenters. The second kappa shape index (κ2) is 15.0. The van der Waals surface area contributed by atoms with Crippen molar-refractivity contribution in [3.63, 3.8) is 0 Å². The predicted molar refractivity (Wildman–Crippen MR) is 167 cm³/mol. The zero-order valence-corrected chi connectivity index (χ0v) is 26.1. The van der Waals surface area contributed by atoms with Crippen molar-refractivity contribution in [1.82, 2.24) is 44.9 Å². The molecule has 0 amide bonds. The van der Waals surface area contributed by atoms with Crippen molar-refractivity contribution in [2.24, 2.45) is 0 Å². The summed E-state index contributed by atoms with van der Waals surface area (Å²) in [6.45, 7) is 6.50. The Bertz CT molecular complexity index is 1490. The Hall–Kier alpha value is -3.85. The maximum atomic E-state index is 9.26. The van der Waals surface area contributed by atoms with Crippen molar-refractivity contribution < 1.29 is 19.3 Å². The monoisotopic (exact) mass is 638 g/mol. The summed E-state index contributed by atoms with van der Waals surface area (Å²) >= 11 is 6.43. The van der Waals surface area contributed by atoms with Crippen molar-refractivity contribution in [2.45, 2.75) is 63.8 Å². The van der Waals surface area contributed by atoms with Crippen molar-refractivity contribution in [3.05, 3.63) is 48.1 Å². The molecule has 14 nitrogen and oxygen atoms in total. The first-order valence-electron chi connectivity index (χ1n) is 15.5. The number of nitrogens with one attached hydrogen (secondary N) is 1. The lowest BCUT2D eigenvalue weighted by molar-refractivity contribution is 0.00503. The number of tetrazole rings is 1. The summed E-state index contributed by atoms with van der Waals surface area (Å²) < 4.78 is 21.2. The highest BCUT2D eigenvalue weighted by atomic mass is 35.5. The van der Waals surface area contributed by atoms with Gasteiger partial charge in [-0.2, -0.15) is 0 Å². The highest BCUT2D eigenvalue weighted by Crippen LogP contribution is 2.35. The minimum Gasteiger partial charge on any atom is -0.487 e. The molecular formula is C30H39ClN10O4. The molecule has 2 fully saturated rings. The lowest BCUT2D eigenvalue weighted by Crippen LogP contribution is -2.45. The second-order valence-electron chi connectivity index (χ2n) is 11.4. The number of hydrogen-bond acceptors (Lipinski definition) is 12. The van der Waals surface area contributed by atoms with E-state index < -0.39 is 0 Å². The Kier molecular flexibility index (Phi) is 10.4. The van der Waals surface area contributed by atoms with Crippen LogP contribution >= 0.6 is 11.6 Å². The molecule has 2 N–H and O–H groups in total. The van der Waals surface area contributed by atoms with Gasteiger partial charge in [0.15, 0.2) is 0 Å². The Morgan fingerprint density at radius 1 is 1.09 bits per heavy atom. The first kappa shape index (κ1) is 31.1. The van der Waals surface area contributed by atoms with Crippen molar-refractivity contribution in [2.75, 3.05) is 44.8 Å². The van der Waals surface area contributed by atoms with E-state index >= 15 is 0 Å². The molecule has 1 aliphatic carbocycles. The maximum Gasteiger partial charge on any atom is 0.256 e. The van der Waals surface area contributed by atoms with Crippen LogP contribution in [-0.2, 0) is 11.3 Å². The van der Waals surface area contributed by atoms with E-state index in [0.29, 0.717) is 59.9 Å². The smallest absolute Gasteiger partial charge is 0.256 e. The van der Waals surface area contributed by atoms with Gasteiger partial charge < -0.3 is 24.6 Å². The van der Waals surface area contributed by atoms with Crippen LogP contribution < -0.4 is 14.8 Å². The molecule has 45 heavy (non-hydrogen) atoms. The molecule has 240 valence electrons. The van der Waals surface area contributed by atoms with Crippen LogP contribution in [0.2, 0.25) is 5.02 Å². The van der Waals surface area contributed by atoms with Gasteiger partial charge in [-0.1, -0.05) is 17.7 Å². The Labute approximate surface area is 266 Å². The number of aliphatic hydroxyl groups is 1. The van der Waals surface area contributed by atoms with Gasteiger partial charge >= 0.3 is 0 Å². The summed E-state index contributed by atoms with van der Waals surface area (Å²) in [6, 6.07) is 6.46. The van der Waals surface area contributed by atoms with Crippen molar-refractivity contribution in [1.29, 1.82) is 0 Å². The Morgan fingerprint density at radius 3 is 2.60 bits per heavy atom. The standard InChI is InChI=1S/C30H39ClN10O4/c1-21(18-40-20-34-37-38-40)45-28-15-22(3-8-26(28)31)23-16-32-30(33-17-23)35-27-19-41(36-29(27)44-12-2-11-42)25-6-4-24(5-7-25)39-9-13-43-14-10-39/h3,8,15-17,19-21,24-25,42H,2,4-7,9-14,18H2,1H3,(H,32,33,35)/t21-,24?,25?/m0/s1. The molecule has 6 rings (SSSR count). The van der Waals surface area contributed by atoms with Crippen LogP contribution in [0, 0.1) is 0 Å². The van der Waals surface area contributed by atoms with E-state index in [1.807, 2.05) is 29.9 Å². The molecule has 1 aliphatic heterocycles. The summed E-state index contributed by atoms with van der Waals surface area (Å²) in [7, 11) is 0. The molecule has 1 saturated carbocycles. The summed E-state index contributed by atoms with van der Waals surface area (Å²) in [5, 5.41) is 29.0. The number of anilines is 2. The number of nitrogens with zero attached hydrogens (tertiary/aromatic N) is 9. The normalized spacial score (nSPS) is 19.7. The van der Waals surface area contributed by atoms with Crippen LogP contribution in [0.25, 0.3) is 11.1 Å². The Balaban J connectivity index is 1.11. The number of hydrogen-bond donors (Lipinski definition) is 2. The highest BCUT2D eigenvalue weighted by molar-refractivity contribution is 6.32. The largest absolute Gasteiger partial charge is 0.487 e. The van der Waals surface area contributed by atoms with E-state index in [1.54, 1.807) is 23.1 Å². The van der Waals surface area contributed by atoms with Gasteiger partial charge in [-0.15, -0.1) is 10.2 Å². The highest BCUT2D eigenvalue weighted by Gasteiger charge is 2.29. The molecule has 1 aromatic carbocycles. The third-order valence-electron chi connectivity index (χ3n) is 8.17. The molecule has 2 aliphatic rings. The number of benzene rings is 1. The second-order valence-corrected chi connectivity index (χ2v) is 11.8. The van der Waals surface area contributed by atoms with Crippen LogP contribution in [-0.4, -0.2) is 102 Å². The topological polar surface area (TPSA) is 150 Å². The van der Waals surface area contributed by atoms with Crippen molar-refractivity contribution >= 4 is 23.2 Å². The van der Waals surface area contributed by atoms with Crippen LogP contribution in [0.3, 0.4) is 0 Å². The zero-order valence-electron chi connectivity index (χ0n) is 25.3. The van der Waals surface area contributed by atoms with Gasteiger partial charge in [0, 0.05) is 50.1 Å². The van der Waals surface area contributed by atoms with E-state index in [4.69, 9.17) is 30.9 Å². The molecule has 1 atom stereocenters. The lowest BCUT2D eigenvalue weighted by atomic mass is 9.90. The first-order chi connectivity index (χ1) is 22.1. The third kappa shape index (κ3) is 8.06. The number of morpholine rings is 1. The van der Waals surface area contributed by atoms with Crippen LogP contribution in [0.1, 0.15) is 45.1 Å². The van der Waals surface area contributed by atoms with E-state index in [0.717, 1.165) is 63.1 Å². The van der Waals surface area contributed by atoms with Crippen LogP contribution in [0.5, 0.6) is 11.6 Å². The maximum absolute atomic E-state index is 9.26. The fourth-order valence-electron chi connectivity index (χ4n) is 5.84. The summed E-state index contributed by atoms with van der Waals surface area (Å²) in [4.78, 5) is 11.7. The SMILES string of the molecule is C[C@@H](Cn1cnnn1)Oc1cc(-c2cnc(Nc3cn(C4CCC(N5CCOCC5)CC4)nc3OCCCO)nc2)ccc1Cl. The molecular weight excluding hydrogens is 600 g/mol. The number of aliphatic hydroxyl groups excluding tert-OH is 1. The summed E-state index contributed by atoms with van der Waals surface area (Å²) in [6.07, 6.45) is 11.7. The molecule has 15 heteroatoms. The summed E-state index contributed by atoms with van der Waals surface area (Å²) in [5.74, 6) is 1.44. The zero-order chi connectivity index (χ0) is 31.0.